The molecule has 0 spiro atoms. The quantitative estimate of drug-likeness (QED) is 0.638. The highest BCUT2D eigenvalue weighted by Crippen LogP contribution is 2.37. The number of allylic oxidation sites excluding steroid dienone is 2. The third kappa shape index (κ3) is 1.87. The Hall–Kier alpha value is -0.790. The van der Waals surface area contributed by atoms with Gasteiger partial charge in [-0.3, -0.25) is 0 Å². The van der Waals surface area contributed by atoms with Gasteiger partial charge in [0.05, 0.1) is 5.92 Å². The molecule has 1 atom stereocenters. The number of aldehydes is 1. The number of carbonyl (C=O) groups is 1. The first-order chi connectivity index (χ1) is 5.46. The first-order valence-corrected chi connectivity index (χ1v) is 4.39. The predicted molar refractivity (Wildman–Crippen MR) is 49.5 cm³/mol. The van der Waals surface area contributed by atoms with E-state index < -0.39 is 0 Å². The van der Waals surface area contributed by atoms with E-state index in [-0.39, 0.29) is 11.3 Å². The molecule has 1 aliphatic rings. The zero-order valence-corrected chi connectivity index (χ0v) is 8.05. The minimum absolute atomic E-state index is 0.0403. The van der Waals surface area contributed by atoms with Gasteiger partial charge in [-0.05, 0) is 18.3 Å². The monoisotopic (exact) mass is 167 g/mol. The van der Waals surface area contributed by atoms with Crippen molar-refractivity contribution in [3.8, 4) is 0 Å². The molecular weight excluding hydrogens is 150 g/mol. The lowest BCUT2D eigenvalue weighted by molar-refractivity contribution is -0.112. The average molecular weight is 167 g/mol. The summed E-state index contributed by atoms with van der Waals surface area (Å²) in [7, 11) is 0. The second-order valence-corrected chi connectivity index (χ2v) is 4.54. The summed E-state index contributed by atoms with van der Waals surface area (Å²) in [6.45, 7) is 6.13. The summed E-state index contributed by atoms with van der Waals surface area (Å²) < 4.78 is 0. The van der Waals surface area contributed by atoms with Gasteiger partial charge in [-0.1, -0.05) is 26.3 Å². The van der Waals surface area contributed by atoms with Crippen LogP contribution in [0, 0.1) is 11.3 Å². The van der Waals surface area contributed by atoms with Crippen LogP contribution in [0.25, 0.3) is 0 Å². The molecule has 0 aromatic rings. The highest BCUT2D eigenvalue weighted by Gasteiger charge is 2.30. The predicted octanol–water partition coefficient (Wildman–Crippen LogP) is 1.85. The molecule has 0 heterocycles. The molecule has 2 heteroatoms. The van der Waals surface area contributed by atoms with E-state index in [2.05, 4.69) is 0 Å². The van der Waals surface area contributed by atoms with E-state index >= 15 is 0 Å². The van der Waals surface area contributed by atoms with Crippen molar-refractivity contribution in [3.63, 3.8) is 0 Å². The van der Waals surface area contributed by atoms with Crippen LogP contribution in [0.3, 0.4) is 0 Å². The largest absolute Gasteiger partial charge is 0.401 e. The van der Waals surface area contributed by atoms with Crippen molar-refractivity contribution in [2.24, 2.45) is 17.1 Å². The molecule has 12 heavy (non-hydrogen) atoms. The van der Waals surface area contributed by atoms with E-state index in [1.54, 1.807) is 0 Å². The Morgan fingerprint density at radius 1 is 1.50 bits per heavy atom. The van der Waals surface area contributed by atoms with Crippen LogP contribution in [0.1, 0.15) is 33.6 Å². The molecule has 0 saturated heterocycles. The second-order valence-electron chi connectivity index (χ2n) is 4.54. The van der Waals surface area contributed by atoms with E-state index in [9.17, 15) is 4.79 Å². The van der Waals surface area contributed by atoms with Crippen LogP contribution in [0.15, 0.2) is 11.3 Å². The van der Waals surface area contributed by atoms with Crippen molar-refractivity contribution in [1.29, 1.82) is 0 Å². The molecule has 1 unspecified atom stereocenters. The number of rotatable bonds is 2. The van der Waals surface area contributed by atoms with E-state index in [1.807, 2.05) is 20.8 Å². The van der Waals surface area contributed by atoms with Crippen LogP contribution >= 0.6 is 0 Å². The van der Waals surface area contributed by atoms with E-state index in [1.165, 1.54) is 5.57 Å². The molecule has 0 aromatic heterocycles. The summed E-state index contributed by atoms with van der Waals surface area (Å²) in [6.07, 6.45) is 3.15. The highest BCUT2D eigenvalue weighted by molar-refractivity contribution is 5.61. The Morgan fingerprint density at radius 3 is 2.25 bits per heavy atom. The van der Waals surface area contributed by atoms with E-state index in [4.69, 9.17) is 5.73 Å². The van der Waals surface area contributed by atoms with Gasteiger partial charge in [0.2, 0.25) is 0 Å². The molecule has 0 amide bonds. The van der Waals surface area contributed by atoms with Gasteiger partial charge in [0.1, 0.15) is 6.29 Å². The lowest BCUT2D eigenvalue weighted by atomic mass is 9.79. The minimum atomic E-state index is -0.102. The van der Waals surface area contributed by atoms with Crippen molar-refractivity contribution < 1.29 is 4.79 Å². The fourth-order valence-corrected chi connectivity index (χ4v) is 1.32. The smallest absolute Gasteiger partial charge is 0.129 e. The Balaban J connectivity index is 2.82. The third-order valence-corrected chi connectivity index (χ3v) is 2.31. The van der Waals surface area contributed by atoms with Crippen LogP contribution < -0.4 is 5.73 Å². The second kappa shape index (κ2) is 2.92. The molecule has 68 valence electrons. The molecule has 1 aliphatic carbocycles. The Bertz CT molecular complexity index is 216. The first-order valence-electron chi connectivity index (χ1n) is 4.39. The zero-order chi connectivity index (χ0) is 9.35. The van der Waals surface area contributed by atoms with Crippen LogP contribution in [0.2, 0.25) is 0 Å². The molecule has 1 rings (SSSR count). The SMILES string of the molecule is CC(C)(C)C(C=O)C(N)=C1CC1. The molecule has 2 N–H and O–H groups in total. The van der Waals surface area contributed by atoms with Crippen LogP contribution in [-0.4, -0.2) is 6.29 Å². The van der Waals surface area contributed by atoms with Crippen LogP contribution in [0.4, 0.5) is 0 Å². The molecule has 0 aliphatic heterocycles. The average Bonchev–Trinajstić information content (AvgIpc) is 2.65. The summed E-state index contributed by atoms with van der Waals surface area (Å²) in [6, 6.07) is 0. The number of hydrogen-bond acceptors (Lipinski definition) is 2. The maximum Gasteiger partial charge on any atom is 0.129 e. The van der Waals surface area contributed by atoms with Gasteiger partial charge < -0.3 is 10.5 Å². The number of hydrogen-bond donors (Lipinski definition) is 1. The maximum atomic E-state index is 10.8. The normalized spacial score (nSPS) is 18.8. The van der Waals surface area contributed by atoms with Gasteiger partial charge in [0, 0.05) is 5.70 Å². The van der Waals surface area contributed by atoms with E-state index in [0.29, 0.717) is 0 Å². The minimum Gasteiger partial charge on any atom is -0.401 e. The summed E-state index contributed by atoms with van der Waals surface area (Å²) in [5.74, 6) is -0.102. The topological polar surface area (TPSA) is 43.1 Å². The van der Waals surface area contributed by atoms with Crippen LogP contribution in [-0.2, 0) is 4.79 Å². The molecule has 0 radical (unpaired) electrons. The number of nitrogens with two attached hydrogens (primary N) is 1. The van der Waals surface area contributed by atoms with Crippen molar-refractivity contribution in [1.82, 2.24) is 0 Å². The van der Waals surface area contributed by atoms with Gasteiger partial charge in [-0.15, -0.1) is 0 Å². The fourth-order valence-electron chi connectivity index (χ4n) is 1.32. The van der Waals surface area contributed by atoms with Crippen molar-refractivity contribution in [3.05, 3.63) is 11.3 Å². The van der Waals surface area contributed by atoms with Gasteiger partial charge in [0.15, 0.2) is 0 Å². The Labute approximate surface area is 73.8 Å². The molecule has 0 bridgehead atoms. The molecule has 1 fully saturated rings. The summed E-state index contributed by atoms with van der Waals surface area (Å²) >= 11 is 0. The Kier molecular flexibility index (Phi) is 2.27. The van der Waals surface area contributed by atoms with Crippen molar-refractivity contribution in [2.45, 2.75) is 33.6 Å². The van der Waals surface area contributed by atoms with E-state index in [0.717, 1.165) is 24.8 Å². The van der Waals surface area contributed by atoms with Crippen molar-refractivity contribution in [2.75, 3.05) is 0 Å². The third-order valence-electron chi connectivity index (χ3n) is 2.31. The Morgan fingerprint density at radius 2 is 2.00 bits per heavy atom. The molecular formula is C10H17NO. The summed E-state index contributed by atoms with van der Waals surface area (Å²) in [5.41, 5.74) is 7.92. The van der Waals surface area contributed by atoms with Gasteiger partial charge in [0.25, 0.3) is 0 Å². The molecule has 1 saturated carbocycles. The van der Waals surface area contributed by atoms with Gasteiger partial charge in [-0.25, -0.2) is 0 Å². The summed E-state index contributed by atoms with van der Waals surface area (Å²) in [4.78, 5) is 10.8. The summed E-state index contributed by atoms with van der Waals surface area (Å²) in [5, 5.41) is 0. The standard InChI is InChI=1S/C10H17NO/c1-10(2,3)8(6-12)9(11)7-4-5-7/h6,8H,4-5,11H2,1-3H3. The molecule has 2 nitrogen and oxygen atoms in total. The highest BCUT2D eigenvalue weighted by atomic mass is 16.1. The number of carbonyl (C=O) groups excluding carboxylic acids is 1. The maximum absolute atomic E-state index is 10.8. The first kappa shape index (κ1) is 9.30. The fraction of sp³-hybridized carbons (Fsp3) is 0.700. The van der Waals surface area contributed by atoms with Gasteiger partial charge >= 0.3 is 0 Å². The lowest BCUT2D eigenvalue weighted by Gasteiger charge is -2.26. The van der Waals surface area contributed by atoms with Crippen molar-refractivity contribution >= 4 is 6.29 Å². The zero-order valence-electron chi connectivity index (χ0n) is 8.05. The van der Waals surface area contributed by atoms with Gasteiger partial charge in [-0.2, -0.15) is 0 Å². The van der Waals surface area contributed by atoms with Crippen LogP contribution in [0.5, 0.6) is 0 Å². The molecule has 0 aromatic carbocycles. The lowest BCUT2D eigenvalue weighted by Crippen LogP contribution is -2.27.